The molecule has 0 heterocycles. The van der Waals surface area contributed by atoms with Gasteiger partial charge in [0.05, 0.1) is 12.0 Å². The molecule has 3 N–H and O–H groups in total. The van der Waals surface area contributed by atoms with E-state index in [1.54, 1.807) is 0 Å². The second-order valence-electron chi connectivity index (χ2n) is 4.81. The molecule has 6 heteroatoms. The number of aliphatic hydroxyl groups is 1. The molecule has 0 radical (unpaired) electrons. The van der Waals surface area contributed by atoms with E-state index in [1.165, 1.54) is 4.90 Å². The summed E-state index contributed by atoms with van der Waals surface area (Å²) < 4.78 is 0. The Hall–Kier alpha value is -1.30. The quantitative estimate of drug-likeness (QED) is 0.596. The molecule has 1 rings (SSSR count). The Morgan fingerprint density at radius 3 is 2.44 bits per heavy atom. The standard InChI is InChI=1S/C12H22N2O4/c1-2-3-6-14(7-8-15)11(18)13-9-12(4-5-12)10(16)17/h15H,2-9H2,1H3,(H,13,18)(H,16,17). The fraction of sp³-hybridized carbons (Fsp3) is 0.833. The number of aliphatic carboxylic acids is 1. The van der Waals surface area contributed by atoms with Crippen LogP contribution in [0.15, 0.2) is 0 Å². The zero-order chi connectivity index (χ0) is 13.6. The molecule has 0 aliphatic heterocycles. The maximum absolute atomic E-state index is 11.8. The molecule has 2 amide bonds. The Labute approximate surface area is 107 Å². The van der Waals surface area contributed by atoms with E-state index in [9.17, 15) is 9.59 Å². The van der Waals surface area contributed by atoms with Crippen LogP contribution in [0, 0.1) is 5.41 Å². The highest BCUT2D eigenvalue weighted by Gasteiger charge is 2.50. The van der Waals surface area contributed by atoms with E-state index in [0.29, 0.717) is 19.4 Å². The Kier molecular flexibility index (Phi) is 5.40. The van der Waals surface area contributed by atoms with Gasteiger partial charge in [0.25, 0.3) is 0 Å². The number of carboxylic acids is 1. The van der Waals surface area contributed by atoms with Crippen LogP contribution in [0.25, 0.3) is 0 Å². The van der Waals surface area contributed by atoms with Gasteiger partial charge < -0.3 is 20.4 Å². The normalized spacial score (nSPS) is 16.1. The average Bonchev–Trinajstić information content (AvgIpc) is 3.12. The molecule has 0 aromatic rings. The number of hydrogen-bond donors (Lipinski definition) is 3. The van der Waals surface area contributed by atoms with Crippen LogP contribution >= 0.6 is 0 Å². The Morgan fingerprint density at radius 1 is 1.33 bits per heavy atom. The smallest absolute Gasteiger partial charge is 0.317 e. The van der Waals surface area contributed by atoms with Gasteiger partial charge in [0, 0.05) is 19.6 Å². The molecule has 0 aromatic heterocycles. The summed E-state index contributed by atoms with van der Waals surface area (Å²) in [4.78, 5) is 24.3. The maximum Gasteiger partial charge on any atom is 0.317 e. The number of carboxylic acid groups (broad SMARTS) is 1. The third-order valence-corrected chi connectivity index (χ3v) is 3.32. The van der Waals surface area contributed by atoms with Crippen molar-refractivity contribution in [3.05, 3.63) is 0 Å². The first-order valence-corrected chi connectivity index (χ1v) is 6.43. The molecule has 0 aromatic carbocycles. The van der Waals surface area contributed by atoms with E-state index >= 15 is 0 Å². The van der Waals surface area contributed by atoms with Crippen molar-refractivity contribution in [3.63, 3.8) is 0 Å². The van der Waals surface area contributed by atoms with E-state index in [1.807, 2.05) is 6.92 Å². The highest BCUT2D eigenvalue weighted by Crippen LogP contribution is 2.45. The predicted octanol–water partition coefficient (Wildman–Crippen LogP) is 0.655. The van der Waals surface area contributed by atoms with Crippen LogP contribution in [0.4, 0.5) is 4.79 Å². The van der Waals surface area contributed by atoms with Crippen LogP contribution in [0.3, 0.4) is 0 Å². The second-order valence-corrected chi connectivity index (χ2v) is 4.81. The van der Waals surface area contributed by atoms with E-state index < -0.39 is 11.4 Å². The predicted molar refractivity (Wildman–Crippen MR) is 66.3 cm³/mol. The number of nitrogens with zero attached hydrogens (tertiary/aromatic N) is 1. The van der Waals surface area contributed by atoms with Crippen molar-refractivity contribution in [1.29, 1.82) is 0 Å². The molecule has 104 valence electrons. The third kappa shape index (κ3) is 3.87. The van der Waals surface area contributed by atoms with E-state index in [2.05, 4.69) is 5.32 Å². The minimum atomic E-state index is -0.843. The highest BCUT2D eigenvalue weighted by atomic mass is 16.4. The molecule has 18 heavy (non-hydrogen) atoms. The van der Waals surface area contributed by atoms with E-state index in [0.717, 1.165) is 12.8 Å². The summed E-state index contributed by atoms with van der Waals surface area (Å²) in [6, 6.07) is -0.287. The van der Waals surface area contributed by atoms with Crippen LogP contribution in [0.2, 0.25) is 0 Å². The van der Waals surface area contributed by atoms with Gasteiger partial charge >= 0.3 is 12.0 Å². The molecule has 6 nitrogen and oxygen atoms in total. The van der Waals surface area contributed by atoms with Crippen molar-refractivity contribution in [2.45, 2.75) is 32.6 Å². The summed E-state index contributed by atoms with van der Waals surface area (Å²) in [5.41, 5.74) is -0.745. The SMILES string of the molecule is CCCCN(CCO)C(=O)NCC1(C(=O)O)CC1. The van der Waals surface area contributed by atoms with Crippen LogP contribution in [0.5, 0.6) is 0 Å². The molecule has 0 atom stereocenters. The van der Waals surface area contributed by atoms with Crippen molar-refractivity contribution >= 4 is 12.0 Å². The molecule has 1 aliphatic rings. The van der Waals surface area contributed by atoms with Gasteiger partial charge in [-0.1, -0.05) is 13.3 Å². The number of rotatable bonds is 8. The van der Waals surface area contributed by atoms with Crippen molar-refractivity contribution in [3.8, 4) is 0 Å². The third-order valence-electron chi connectivity index (χ3n) is 3.32. The number of amides is 2. The molecule has 0 saturated heterocycles. The molecular weight excluding hydrogens is 236 g/mol. The minimum Gasteiger partial charge on any atom is -0.481 e. The molecule has 0 bridgehead atoms. The Morgan fingerprint density at radius 2 is 2.00 bits per heavy atom. The lowest BCUT2D eigenvalue weighted by Gasteiger charge is -2.23. The van der Waals surface area contributed by atoms with Crippen molar-refractivity contribution in [2.75, 3.05) is 26.2 Å². The van der Waals surface area contributed by atoms with E-state index in [-0.39, 0.29) is 25.7 Å². The van der Waals surface area contributed by atoms with Gasteiger partial charge in [-0.05, 0) is 19.3 Å². The minimum absolute atomic E-state index is 0.0821. The van der Waals surface area contributed by atoms with Crippen molar-refractivity contribution in [1.82, 2.24) is 10.2 Å². The topological polar surface area (TPSA) is 89.9 Å². The van der Waals surface area contributed by atoms with E-state index in [4.69, 9.17) is 10.2 Å². The monoisotopic (exact) mass is 258 g/mol. The van der Waals surface area contributed by atoms with Crippen LogP contribution in [-0.2, 0) is 4.79 Å². The summed E-state index contributed by atoms with van der Waals surface area (Å²) in [6.07, 6.45) is 3.08. The molecule has 1 fully saturated rings. The average molecular weight is 258 g/mol. The number of hydrogen-bond acceptors (Lipinski definition) is 3. The lowest BCUT2D eigenvalue weighted by atomic mass is 10.1. The molecule has 1 saturated carbocycles. The number of carbonyl (C=O) groups is 2. The van der Waals surface area contributed by atoms with Gasteiger partial charge in [-0.3, -0.25) is 4.79 Å². The number of urea groups is 1. The lowest BCUT2D eigenvalue weighted by Crippen LogP contribution is -2.45. The van der Waals surface area contributed by atoms with Crippen molar-refractivity contribution < 1.29 is 19.8 Å². The lowest BCUT2D eigenvalue weighted by molar-refractivity contribution is -0.143. The van der Waals surface area contributed by atoms with Gasteiger partial charge in [0.2, 0.25) is 0 Å². The molecule has 0 spiro atoms. The van der Waals surface area contributed by atoms with Gasteiger partial charge in [0.1, 0.15) is 0 Å². The first-order valence-electron chi connectivity index (χ1n) is 6.43. The Bertz CT molecular complexity index is 302. The number of carbonyl (C=O) groups excluding carboxylic acids is 1. The summed E-state index contributed by atoms with van der Waals surface area (Å²) in [6.45, 7) is 2.99. The van der Waals surface area contributed by atoms with Crippen LogP contribution in [-0.4, -0.2) is 53.4 Å². The van der Waals surface area contributed by atoms with Gasteiger partial charge in [-0.25, -0.2) is 4.79 Å². The Balaban J connectivity index is 2.39. The molecular formula is C12H22N2O4. The number of unbranched alkanes of at least 4 members (excludes halogenated alkanes) is 1. The fourth-order valence-electron chi connectivity index (χ4n) is 1.76. The zero-order valence-corrected chi connectivity index (χ0v) is 10.8. The van der Waals surface area contributed by atoms with Gasteiger partial charge in [0.15, 0.2) is 0 Å². The van der Waals surface area contributed by atoms with Crippen molar-refractivity contribution in [2.24, 2.45) is 5.41 Å². The highest BCUT2D eigenvalue weighted by molar-refractivity contribution is 5.80. The largest absolute Gasteiger partial charge is 0.481 e. The first kappa shape index (κ1) is 14.8. The number of nitrogens with one attached hydrogen (secondary N) is 1. The summed E-state index contributed by atoms with van der Waals surface area (Å²) in [7, 11) is 0. The summed E-state index contributed by atoms with van der Waals surface area (Å²) in [5, 5.41) is 20.5. The maximum atomic E-state index is 11.8. The fourth-order valence-corrected chi connectivity index (χ4v) is 1.76. The van der Waals surface area contributed by atoms with Gasteiger partial charge in [-0.2, -0.15) is 0 Å². The summed E-state index contributed by atoms with van der Waals surface area (Å²) >= 11 is 0. The number of aliphatic hydroxyl groups excluding tert-OH is 1. The van der Waals surface area contributed by atoms with Crippen LogP contribution < -0.4 is 5.32 Å². The molecule has 0 unspecified atom stereocenters. The molecule has 1 aliphatic carbocycles. The second kappa shape index (κ2) is 6.58. The van der Waals surface area contributed by atoms with Crippen LogP contribution in [0.1, 0.15) is 32.6 Å². The summed E-state index contributed by atoms with van der Waals surface area (Å²) in [5.74, 6) is -0.843. The first-order chi connectivity index (χ1) is 8.55. The zero-order valence-electron chi connectivity index (χ0n) is 10.8. The van der Waals surface area contributed by atoms with Gasteiger partial charge in [-0.15, -0.1) is 0 Å².